The average molecular weight is 368 g/mol. The Bertz CT molecular complexity index is 635. The van der Waals surface area contributed by atoms with Crippen molar-refractivity contribution in [3.63, 3.8) is 0 Å². The van der Waals surface area contributed by atoms with Crippen LogP contribution < -0.4 is 4.74 Å². The van der Waals surface area contributed by atoms with Crippen LogP contribution in [0.15, 0.2) is 36.4 Å². The lowest BCUT2D eigenvalue weighted by Gasteiger charge is -2.10. The second kappa shape index (κ2) is 5.61. The van der Waals surface area contributed by atoms with Crippen LogP contribution in [0.4, 0.5) is 0 Å². The smallest absolute Gasteiger partial charge is 0.335 e. The van der Waals surface area contributed by atoms with Gasteiger partial charge in [-0.15, -0.1) is 0 Å². The number of carboxylic acids is 1. The van der Waals surface area contributed by atoms with E-state index in [1.165, 1.54) is 0 Å². The summed E-state index contributed by atoms with van der Waals surface area (Å²) in [7, 11) is 1.64. The number of hydrogen-bond acceptors (Lipinski definition) is 2. The maximum absolute atomic E-state index is 10.9. The Labute approximate surface area is 125 Å². The summed E-state index contributed by atoms with van der Waals surface area (Å²) in [6, 6.07) is 11.1. The number of benzene rings is 2. The molecule has 0 aliphatic heterocycles. The van der Waals surface area contributed by atoms with Gasteiger partial charge >= 0.3 is 5.97 Å². The van der Waals surface area contributed by atoms with Gasteiger partial charge in [0.25, 0.3) is 0 Å². The van der Waals surface area contributed by atoms with Gasteiger partial charge in [0.05, 0.1) is 16.2 Å². The van der Waals surface area contributed by atoms with Crippen LogP contribution in [0.25, 0.3) is 11.1 Å². The maximum atomic E-state index is 10.9. The number of rotatable bonds is 3. The molecule has 1 N–H and O–H groups in total. The van der Waals surface area contributed by atoms with Gasteiger partial charge in [-0.25, -0.2) is 4.79 Å². The minimum absolute atomic E-state index is 0.310. The van der Waals surface area contributed by atoms with Gasteiger partial charge in [0, 0.05) is 0 Å². The highest BCUT2D eigenvalue weighted by Gasteiger charge is 2.09. The van der Waals surface area contributed by atoms with Crippen molar-refractivity contribution in [1.82, 2.24) is 0 Å². The van der Waals surface area contributed by atoms with Crippen LogP contribution in [0.3, 0.4) is 0 Å². The van der Waals surface area contributed by atoms with E-state index < -0.39 is 5.97 Å². The number of halogens is 1. The largest absolute Gasteiger partial charge is 0.496 e. The Morgan fingerprint density at radius 1 is 1.21 bits per heavy atom. The summed E-state index contributed by atoms with van der Waals surface area (Å²) >= 11 is 2.22. The van der Waals surface area contributed by atoms with Crippen molar-refractivity contribution in [1.29, 1.82) is 0 Å². The summed E-state index contributed by atoms with van der Waals surface area (Å²) in [6.07, 6.45) is 0. The number of carboxylic acid groups (broad SMARTS) is 1. The van der Waals surface area contributed by atoms with Crippen molar-refractivity contribution in [2.45, 2.75) is 6.92 Å². The van der Waals surface area contributed by atoms with Gasteiger partial charge < -0.3 is 9.84 Å². The Morgan fingerprint density at radius 3 is 2.47 bits per heavy atom. The van der Waals surface area contributed by atoms with E-state index in [0.29, 0.717) is 5.56 Å². The zero-order chi connectivity index (χ0) is 14.0. The van der Waals surface area contributed by atoms with Gasteiger partial charge in [0.2, 0.25) is 0 Å². The Balaban J connectivity index is 2.47. The van der Waals surface area contributed by atoms with E-state index >= 15 is 0 Å². The SMILES string of the molecule is COc1ccc(-c2ccc(C(=O)O)cc2C)cc1I. The first kappa shape index (κ1) is 13.9. The fourth-order valence-electron chi connectivity index (χ4n) is 1.95. The number of aryl methyl sites for hydroxylation is 1. The molecule has 0 unspecified atom stereocenters. The molecule has 0 amide bonds. The van der Waals surface area contributed by atoms with Crippen LogP contribution in [0.2, 0.25) is 0 Å². The molecule has 0 aromatic heterocycles. The zero-order valence-electron chi connectivity index (χ0n) is 10.6. The summed E-state index contributed by atoms with van der Waals surface area (Å²) in [5.74, 6) is -0.0666. The Hall–Kier alpha value is -1.56. The molecule has 0 saturated carbocycles. The topological polar surface area (TPSA) is 46.5 Å². The van der Waals surface area contributed by atoms with Gasteiger partial charge in [0.1, 0.15) is 5.75 Å². The van der Waals surface area contributed by atoms with Crippen molar-refractivity contribution < 1.29 is 14.6 Å². The zero-order valence-corrected chi connectivity index (χ0v) is 12.8. The molecule has 0 aliphatic rings. The van der Waals surface area contributed by atoms with Crippen LogP contribution in [-0.2, 0) is 0 Å². The van der Waals surface area contributed by atoms with Crippen molar-refractivity contribution in [2.24, 2.45) is 0 Å². The van der Waals surface area contributed by atoms with Crippen molar-refractivity contribution >= 4 is 28.6 Å². The lowest BCUT2D eigenvalue weighted by atomic mass is 9.98. The van der Waals surface area contributed by atoms with Crippen molar-refractivity contribution in [3.8, 4) is 16.9 Å². The molecule has 0 saturated heterocycles. The predicted octanol–water partition coefficient (Wildman–Crippen LogP) is 3.97. The highest BCUT2D eigenvalue weighted by molar-refractivity contribution is 14.1. The first-order valence-electron chi connectivity index (χ1n) is 5.71. The molecule has 0 spiro atoms. The molecule has 2 aromatic rings. The van der Waals surface area contributed by atoms with E-state index in [-0.39, 0.29) is 0 Å². The maximum Gasteiger partial charge on any atom is 0.335 e. The first-order valence-corrected chi connectivity index (χ1v) is 6.78. The number of hydrogen-bond donors (Lipinski definition) is 1. The van der Waals surface area contributed by atoms with Crippen LogP contribution >= 0.6 is 22.6 Å². The molecule has 4 heteroatoms. The molecule has 0 radical (unpaired) electrons. The van der Waals surface area contributed by atoms with Gasteiger partial charge in [-0.05, 0) is 70.5 Å². The molecule has 0 fully saturated rings. The van der Waals surface area contributed by atoms with E-state index in [0.717, 1.165) is 26.0 Å². The Morgan fingerprint density at radius 2 is 1.95 bits per heavy atom. The molecule has 0 heterocycles. The number of carbonyl (C=O) groups is 1. The predicted molar refractivity (Wildman–Crippen MR) is 82.8 cm³/mol. The first-order chi connectivity index (χ1) is 9.02. The minimum Gasteiger partial charge on any atom is -0.496 e. The number of aromatic carboxylic acids is 1. The van der Waals surface area contributed by atoms with Gasteiger partial charge in [0.15, 0.2) is 0 Å². The fourth-order valence-corrected chi connectivity index (χ4v) is 2.69. The second-order valence-corrected chi connectivity index (χ2v) is 5.35. The summed E-state index contributed by atoms with van der Waals surface area (Å²) < 4.78 is 6.26. The van der Waals surface area contributed by atoms with E-state index in [4.69, 9.17) is 9.84 Å². The minimum atomic E-state index is -0.904. The molecular formula is C15H13IO3. The van der Waals surface area contributed by atoms with Gasteiger partial charge in [-0.3, -0.25) is 0 Å². The molecule has 0 bridgehead atoms. The molecule has 2 aromatic carbocycles. The lowest BCUT2D eigenvalue weighted by Crippen LogP contribution is -1.97. The monoisotopic (exact) mass is 368 g/mol. The van der Waals surface area contributed by atoms with Crippen LogP contribution in [0, 0.1) is 10.5 Å². The average Bonchev–Trinajstić information content (AvgIpc) is 2.38. The summed E-state index contributed by atoms with van der Waals surface area (Å²) in [4.78, 5) is 10.9. The van der Waals surface area contributed by atoms with Gasteiger partial charge in [-0.2, -0.15) is 0 Å². The van der Waals surface area contributed by atoms with Crippen LogP contribution in [0.5, 0.6) is 5.75 Å². The lowest BCUT2D eigenvalue weighted by molar-refractivity contribution is 0.0697. The molecule has 19 heavy (non-hydrogen) atoms. The van der Waals surface area contributed by atoms with E-state index in [9.17, 15) is 4.79 Å². The molecule has 98 valence electrons. The highest BCUT2D eigenvalue weighted by Crippen LogP contribution is 2.30. The number of ether oxygens (including phenoxy) is 1. The fraction of sp³-hybridized carbons (Fsp3) is 0.133. The van der Waals surface area contributed by atoms with Crippen LogP contribution in [0.1, 0.15) is 15.9 Å². The summed E-state index contributed by atoms with van der Waals surface area (Å²) in [6.45, 7) is 1.92. The molecule has 0 aliphatic carbocycles. The van der Waals surface area contributed by atoms with E-state index in [2.05, 4.69) is 22.6 Å². The van der Waals surface area contributed by atoms with Crippen LogP contribution in [-0.4, -0.2) is 18.2 Å². The molecular weight excluding hydrogens is 355 g/mol. The van der Waals surface area contributed by atoms with Gasteiger partial charge in [-0.1, -0.05) is 12.1 Å². The molecule has 3 nitrogen and oxygen atoms in total. The standard InChI is InChI=1S/C15H13IO3/c1-9-7-11(15(17)18)3-5-12(9)10-4-6-14(19-2)13(16)8-10/h3-8H,1-2H3,(H,17,18). The molecule has 2 rings (SSSR count). The summed E-state index contributed by atoms with van der Waals surface area (Å²) in [5.41, 5.74) is 3.34. The highest BCUT2D eigenvalue weighted by atomic mass is 127. The quantitative estimate of drug-likeness (QED) is 0.834. The third kappa shape index (κ3) is 2.89. The van der Waals surface area contributed by atoms with E-state index in [1.807, 2.05) is 31.2 Å². The van der Waals surface area contributed by atoms with Crippen molar-refractivity contribution in [2.75, 3.05) is 7.11 Å². The number of methoxy groups -OCH3 is 1. The van der Waals surface area contributed by atoms with E-state index in [1.54, 1.807) is 19.2 Å². The van der Waals surface area contributed by atoms with Crippen molar-refractivity contribution in [3.05, 3.63) is 51.1 Å². The third-order valence-corrected chi connectivity index (χ3v) is 3.78. The Kier molecular flexibility index (Phi) is 4.09. The molecule has 0 atom stereocenters. The third-order valence-electron chi connectivity index (χ3n) is 2.94. The second-order valence-electron chi connectivity index (χ2n) is 4.18. The summed E-state index contributed by atoms with van der Waals surface area (Å²) in [5, 5.41) is 8.97. The normalized spacial score (nSPS) is 10.3.